The molecule has 3 aromatic rings. The molecule has 136 valence electrons. The second-order valence-corrected chi connectivity index (χ2v) is 6.82. The number of methoxy groups -OCH3 is 2. The molecule has 1 heterocycles. The Bertz CT molecular complexity index is 898. The Kier molecular flexibility index (Phi) is 5.93. The molecule has 0 aliphatic heterocycles. The van der Waals surface area contributed by atoms with Crippen molar-refractivity contribution in [3.63, 3.8) is 0 Å². The van der Waals surface area contributed by atoms with Crippen molar-refractivity contribution in [3.8, 4) is 22.9 Å². The van der Waals surface area contributed by atoms with Crippen LogP contribution in [0.25, 0.3) is 22.3 Å². The Labute approximate surface area is 161 Å². The number of hydrogen-bond donors (Lipinski definition) is 1. The number of ether oxygens (including phenoxy) is 2. The van der Waals surface area contributed by atoms with Gasteiger partial charge >= 0.3 is 0 Å². The maximum absolute atomic E-state index is 5.44. The third kappa shape index (κ3) is 3.90. The van der Waals surface area contributed by atoms with E-state index in [-0.39, 0.29) is 0 Å². The number of nitrogens with one attached hydrogen (secondary N) is 1. The first-order valence-electron chi connectivity index (χ1n) is 8.59. The van der Waals surface area contributed by atoms with Crippen molar-refractivity contribution in [2.75, 3.05) is 26.1 Å². The fourth-order valence-electron chi connectivity index (χ4n) is 2.70. The quantitative estimate of drug-likeness (QED) is 0.531. The Morgan fingerprint density at radius 1 is 1.00 bits per heavy atom. The van der Waals surface area contributed by atoms with E-state index in [0.717, 1.165) is 46.1 Å². The van der Waals surface area contributed by atoms with Crippen LogP contribution in [0.5, 0.6) is 11.5 Å². The van der Waals surface area contributed by atoms with Crippen LogP contribution >= 0.6 is 15.9 Å². The summed E-state index contributed by atoms with van der Waals surface area (Å²) in [5.41, 5.74) is 1.78. The Balaban J connectivity index is 2.15. The maximum atomic E-state index is 5.44. The number of rotatable bonds is 7. The van der Waals surface area contributed by atoms with E-state index in [1.54, 1.807) is 14.2 Å². The van der Waals surface area contributed by atoms with Crippen LogP contribution < -0.4 is 14.8 Å². The van der Waals surface area contributed by atoms with Crippen molar-refractivity contribution in [3.05, 3.63) is 40.9 Å². The summed E-state index contributed by atoms with van der Waals surface area (Å²) >= 11 is 3.47. The molecule has 0 fully saturated rings. The summed E-state index contributed by atoms with van der Waals surface area (Å²) in [6, 6.07) is 11.8. The molecule has 5 nitrogen and oxygen atoms in total. The largest absolute Gasteiger partial charge is 0.493 e. The van der Waals surface area contributed by atoms with Gasteiger partial charge in [0.15, 0.2) is 17.3 Å². The minimum Gasteiger partial charge on any atom is -0.493 e. The lowest BCUT2D eigenvalue weighted by molar-refractivity contribution is 0.356. The van der Waals surface area contributed by atoms with Gasteiger partial charge in [-0.05, 0) is 24.6 Å². The van der Waals surface area contributed by atoms with E-state index < -0.39 is 0 Å². The van der Waals surface area contributed by atoms with Crippen LogP contribution in [0, 0.1) is 0 Å². The molecule has 0 saturated carbocycles. The first-order valence-corrected chi connectivity index (χ1v) is 9.39. The highest BCUT2D eigenvalue weighted by atomic mass is 79.9. The summed E-state index contributed by atoms with van der Waals surface area (Å²) in [6.45, 7) is 3.03. The Hall–Kier alpha value is -2.34. The van der Waals surface area contributed by atoms with Gasteiger partial charge in [0.2, 0.25) is 0 Å². The number of hydrogen-bond acceptors (Lipinski definition) is 5. The number of halogens is 1. The first-order chi connectivity index (χ1) is 12.7. The van der Waals surface area contributed by atoms with Gasteiger partial charge in [-0.1, -0.05) is 41.4 Å². The molecule has 0 radical (unpaired) electrons. The zero-order valence-electron chi connectivity index (χ0n) is 15.2. The number of aromatic nitrogens is 2. The molecule has 2 aromatic carbocycles. The molecule has 6 heteroatoms. The fourth-order valence-corrected chi connectivity index (χ4v) is 2.97. The molecule has 1 aromatic heterocycles. The second kappa shape index (κ2) is 8.36. The zero-order chi connectivity index (χ0) is 18.5. The molecule has 0 amide bonds. The summed E-state index contributed by atoms with van der Waals surface area (Å²) in [5, 5.41) is 4.36. The van der Waals surface area contributed by atoms with Crippen molar-refractivity contribution in [2.45, 2.75) is 19.8 Å². The zero-order valence-corrected chi connectivity index (χ0v) is 16.8. The summed E-state index contributed by atoms with van der Waals surface area (Å²) in [5.74, 6) is 2.80. The molecule has 0 atom stereocenters. The number of fused-ring (bicyclic) bond motifs is 1. The lowest BCUT2D eigenvalue weighted by Crippen LogP contribution is -2.06. The second-order valence-electron chi connectivity index (χ2n) is 5.91. The van der Waals surface area contributed by atoms with Gasteiger partial charge in [-0.15, -0.1) is 0 Å². The van der Waals surface area contributed by atoms with Gasteiger partial charge in [0.25, 0.3) is 0 Å². The summed E-state index contributed by atoms with van der Waals surface area (Å²) in [4.78, 5) is 9.52. The number of benzene rings is 2. The average Bonchev–Trinajstić information content (AvgIpc) is 2.67. The van der Waals surface area contributed by atoms with Crippen LogP contribution in [0.3, 0.4) is 0 Å². The summed E-state index contributed by atoms with van der Waals surface area (Å²) < 4.78 is 11.9. The van der Waals surface area contributed by atoms with Crippen LogP contribution in [0.15, 0.2) is 40.9 Å². The molecule has 0 aliphatic rings. The van der Waals surface area contributed by atoms with E-state index in [1.165, 1.54) is 0 Å². The van der Waals surface area contributed by atoms with E-state index in [2.05, 4.69) is 28.2 Å². The van der Waals surface area contributed by atoms with Crippen molar-refractivity contribution in [1.82, 2.24) is 9.97 Å². The fraction of sp³-hybridized carbons (Fsp3) is 0.300. The SMILES string of the molecule is CCCCNc1nc(-c2ccc(Br)cc2)nc2cc(OC)c(OC)cc12. The standard InChI is InChI=1S/C20H22BrN3O2/c1-4-5-10-22-20-15-11-17(25-2)18(26-3)12-16(15)23-19(24-20)13-6-8-14(21)9-7-13/h6-9,11-12H,4-5,10H2,1-3H3,(H,22,23,24). The van der Waals surface area contributed by atoms with Crippen LogP contribution in [0.1, 0.15) is 19.8 Å². The van der Waals surface area contributed by atoms with Crippen molar-refractivity contribution in [1.29, 1.82) is 0 Å². The summed E-state index contributed by atoms with van der Waals surface area (Å²) in [7, 11) is 3.26. The molecular weight excluding hydrogens is 394 g/mol. The molecule has 1 N–H and O–H groups in total. The average molecular weight is 416 g/mol. The van der Waals surface area contributed by atoms with Crippen molar-refractivity contribution >= 4 is 32.7 Å². The van der Waals surface area contributed by atoms with Crippen LogP contribution in [-0.2, 0) is 0 Å². The molecule has 26 heavy (non-hydrogen) atoms. The molecular formula is C20H22BrN3O2. The predicted octanol–water partition coefficient (Wildman–Crippen LogP) is 5.29. The summed E-state index contributed by atoms with van der Waals surface area (Å²) in [6.07, 6.45) is 2.19. The normalized spacial score (nSPS) is 10.8. The molecule has 0 unspecified atom stereocenters. The minimum absolute atomic E-state index is 0.653. The lowest BCUT2D eigenvalue weighted by atomic mass is 10.1. The van der Waals surface area contributed by atoms with Crippen LogP contribution in [0.4, 0.5) is 5.82 Å². The van der Waals surface area contributed by atoms with Gasteiger partial charge in [-0.3, -0.25) is 0 Å². The molecule has 0 saturated heterocycles. The predicted molar refractivity (Wildman–Crippen MR) is 109 cm³/mol. The minimum atomic E-state index is 0.653. The third-order valence-electron chi connectivity index (χ3n) is 4.13. The van der Waals surface area contributed by atoms with Crippen molar-refractivity contribution < 1.29 is 9.47 Å². The molecule has 0 spiro atoms. The molecule has 0 bridgehead atoms. The van der Waals surface area contributed by atoms with Gasteiger partial charge < -0.3 is 14.8 Å². The van der Waals surface area contributed by atoms with E-state index >= 15 is 0 Å². The van der Waals surface area contributed by atoms with Crippen LogP contribution in [0.2, 0.25) is 0 Å². The van der Waals surface area contributed by atoms with Gasteiger partial charge in [-0.25, -0.2) is 9.97 Å². The Morgan fingerprint density at radius 3 is 2.35 bits per heavy atom. The number of anilines is 1. The third-order valence-corrected chi connectivity index (χ3v) is 4.65. The number of nitrogens with zero attached hydrogens (tertiary/aromatic N) is 2. The highest BCUT2D eigenvalue weighted by Gasteiger charge is 2.14. The van der Waals surface area contributed by atoms with Crippen molar-refractivity contribution in [2.24, 2.45) is 0 Å². The number of unbranched alkanes of at least 4 members (excludes halogenated alkanes) is 1. The maximum Gasteiger partial charge on any atom is 0.162 e. The molecule has 3 rings (SSSR count). The van der Waals surface area contributed by atoms with E-state index in [0.29, 0.717) is 17.3 Å². The van der Waals surface area contributed by atoms with E-state index in [1.807, 2.05) is 36.4 Å². The van der Waals surface area contributed by atoms with Gasteiger partial charge in [0.05, 0.1) is 19.7 Å². The monoisotopic (exact) mass is 415 g/mol. The van der Waals surface area contributed by atoms with Gasteiger partial charge in [0.1, 0.15) is 5.82 Å². The van der Waals surface area contributed by atoms with E-state index in [4.69, 9.17) is 19.4 Å². The highest BCUT2D eigenvalue weighted by Crippen LogP contribution is 2.35. The van der Waals surface area contributed by atoms with Gasteiger partial charge in [-0.2, -0.15) is 0 Å². The smallest absolute Gasteiger partial charge is 0.162 e. The van der Waals surface area contributed by atoms with Crippen LogP contribution in [-0.4, -0.2) is 30.7 Å². The first kappa shape index (κ1) is 18.5. The molecule has 0 aliphatic carbocycles. The van der Waals surface area contributed by atoms with Gasteiger partial charge in [0, 0.05) is 28.0 Å². The lowest BCUT2D eigenvalue weighted by Gasteiger charge is -2.14. The van der Waals surface area contributed by atoms with E-state index in [9.17, 15) is 0 Å². The topological polar surface area (TPSA) is 56.3 Å². The highest BCUT2D eigenvalue weighted by molar-refractivity contribution is 9.10. The Morgan fingerprint density at radius 2 is 1.69 bits per heavy atom.